The Bertz CT molecular complexity index is 3720. The van der Waals surface area contributed by atoms with Crippen LogP contribution >= 0.6 is 0 Å². The second-order valence-corrected chi connectivity index (χ2v) is 16.3. The average molecular weight is 771 g/mol. The van der Waals surface area contributed by atoms with E-state index in [1.165, 1.54) is 44.1 Å². The van der Waals surface area contributed by atoms with E-state index in [0.29, 0.717) is 5.89 Å². The number of rotatable bonds is 4. The fourth-order valence-electron chi connectivity index (χ4n) is 9.85. The molecule has 0 amide bonds. The minimum Gasteiger partial charge on any atom is -0.436 e. The fraction of sp³-hybridized carbons (Fsp3) is 0.0566. The van der Waals surface area contributed by atoms with Gasteiger partial charge in [-0.1, -0.05) is 80.6 Å². The lowest BCUT2D eigenvalue weighted by Crippen LogP contribution is -2.14. The van der Waals surface area contributed by atoms with E-state index in [-0.39, 0.29) is 5.41 Å². The topological polar surface area (TPSA) is 74.6 Å². The lowest BCUT2D eigenvalue weighted by molar-refractivity contribution is 0.620. The number of para-hydroxylation sites is 3. The van der Waals surface area contributed by atoms with Crippen LogP contribution in [0.4, 0.5) is 0 Å². The molecule has 0 fully saturated rings. The Balaban J connectivity index is 1.04. The van der Waals surface area contributed by atoms with E-state index in [9.17, 15) is 0 Å². The highest BCUT2D eigenvalue weighted by Gasteiger charge is 2.36. The molecule has 7 heteroatoms. The van der Waals surface area contributed by atoms with Crippen molar-refractivity contribution in [3.05, 3.63) is 181 Å². The van der Waals surface area contributed by atoms with Crippen LogP contribution in [-0.4, -0.2) is 29.1 Å². The Morgan fingerprint density at radius 3 is 2.03 bits per heavy atom. The Morgan fingerprint density at radius 2 is 1.18 bits per heavy atom. The predicted molar refractivity (Wildman–Crippen MR) is 242 cm³/mol. The zero-order valence-corrected chi connectivity index (χ0v) is 32.8. The molecule has 0 N–H and O–H groups in total. The molecule has 0 bridgehead atoms. The van der Waals surface area contributed by atoms with E-state index in [1.807, 2.05) is 60.9 Å². The summed E-state index contributed by atoms with van der Waals surface area (Å²) in [6.07, 6.45) is 3.66. The van der Waals surface area contributed by atoms with Crippen molar-refractivity contribution in [2.45, 2.75) is 19.3 Å². The van der Waals surface area contributed by atoms with Gasteiger partial charge in [-0.15, -0.1) is 0 Å². The molecule has 1 aliphatic carbocycles. The van der Waals surface area contributed by atoms with E-state index in [0.717, 1.165) is 72.3 Å². The largest absolute Gasteiger partial charge is 0.436 e. The Morgan fingerprint density at radius 1 is 0.483 bits per heavy atom. The van der Waals surface area contributed by atoms with Crippen LogP contribution in [0.1, 0.15) is 25.0 Å². The summed E-state index contributed by atoms with van der Waals surface area (Å²) >= 11 is 0. The zero-order chi connectivity index (χ0) is 39.7. The first kappa shape index (κ1) is 33.1. The van der Waals surface area contributed by atoms with Crippen molar-refractivity contribution in [2.75, 3.05) is 0 Å². The number of fused-ring (bicyclic) bond motifs is 13. The summed E-state index contributed by atoms with van der Waals surface area (Å²) in [6.45, 7) is 4.69. The summed E-state index contributed by atoms with van der Waals surface area (Å²) < 4.78 is 10.9. The monoisotopic (exact) mass is 770 g/mol. The van der Waals surface area contributed by atoms with E-state index < -0.39 is 0 Å². The number of nitrogens with zero attached hydrogens (tertiary/aromatic N) is 6. The van der Waals surface area contributed by atoms with Crippen LogP contribution in [-0.2, 0) is 5.41 Å². The van der Waals surface area contributed by atoms with Crippen molar-refractivity contribution < 1.29 is 4.42 Å². The van der Waals surface area contributed by atoms with Crippen LogP contribution in [0.15, 0.2) is 175 Å². The summed E-state index contributed by atoms with van der Waals surface area (Å²) in [7, 11) is 0. The van der Waals surface area contributed by atoms with Crippen molar-refractivity contribution in [3.63, 3.8) is 0 Å². The number of oxazole rings is 1. The molecule has 5 aromatic heterocycles. The van der Waals surface area contributed by atoms with Crippen LogP contribution in [0.25, 0.3) is 111 Å². The molecule has 60 heavy (non-hydrogen) atoms. The Kier molecular flexibility index (Phi) is 6.66. The van der Waals surface area contributed by atoms with Crippen molar-refractivity contribution in [1.29, 1.82) is 0 Å². The van der Waals surface area contributed by atoms with Gasteiger partial charge in [-0.05, 0) is 113 Å². The summed E-state index contributed by atoms with van der Waals surface area (Å²) in [5.74, 6) is 1.37. The molecule has 0 saturated carbocycles. The first-order chi connectivity index (χ1) is 29.5. The van der Waals surface area contributed by atoms with Gasteiger partial charge in [0.15, 0.2) is 5.58 Å². The van der Waals surface area contributed by atoms with Gasteiger partial charge >= 0.3 is 0 Å². The summed E-state index contributed by atoms with van der Waals surface area (Å²) in [4.78, 5) is 20.0. The summed E-state index contributed by atoms with van der Waals surface area (Å²) in [5, 5.41) is 4.43. The van der Waals surface area contributed by atoms with E-state index in [4.69, 9.17) is 24.4 Å². The second-order valence-electron chi connectivity index (χ2n) is 16.3. The Hall–Kier alpha value is -7.90. The standard InChI is InChI=1S/C53H34N6O/c1-53(2)41-18-5-3-14-35(41)39-29-40-36-15-4-7-20-44(36)58(45(40)30-42(39)53)33-22-24-34(25-23-33)59-50-38-17-11-27-55-48(38)47-37(16-10-26-54-47)49(50)57-51(59)31-12-9-13-32(28-31)52-56-43-19-6-8-21-46(43)60-52/h3-30H,1-2H3. The molecule has 0 aliphatic heterocycles. The maximum Gasteiger partial charge on any atom is 0.227 e. The maximum absolute atomic E-state index is 6.24. The molecule has 0 saturated heterocycles. The minimum absolute atomic E-state index is 0.112. The molecule has 0 atom stereocenters. The molecule has 12 aromatic rings. The van der Waals surface area contributed by atoms with Crippen molar-refractivity contribution in [3.8, 4) is 45.3 Å². The first-order valence-corrected chi connectivity index (χ1v) is 20.3. The molecule has 5 heterocycles. The van der Waals surface area contributed by atoms with Crippen LogP contribution in [0.2, 0.25) is 0 Å². The smallest absolute Gasteiger partial charge is 0.227 e. The third kappa shape index (κ3) is 4.54. The quantitative estimate of drug-likeness (QED) is 0.167. The van der Waals surface area contributed by atoms with Crippen molar-refractivity contribution >= 4 is 65.7 Å². The molecule has 7 nitrogen and oxygen atoms in total. The highest BCUT2D eigenvalue weighted by molar-refractivity contribution is 6.22. The van der Waals surface area contributed by atoms with Crippen LogP contribution < -0.4 is 0 Å². The molecule has 13 rings (SSSR count). The van der Waals surface area contributed by atoms with E-state index in [1.54, 1.807) is 0 Å². The molecule has 0 unspecified atom stereocenters. The third-order valence-electron chi connectivity index (χ3n) is 12.6. The first-order valence-electron chi connectivity index (χ1n) is 20.3. The number of imidazole rings is 1. The maximum atomic E-state index is 6.24. The van der Waals surface area contributed by atoms with Crippen LogP contribution in [0, 0.1) is 0 Å². The molecule has 1 aliphatic rings. The fourth-order valence-corrected chi connectivity index (χ4v) is 9.85. The number of hydrogen-bond acceptors (Lipinski definition) is 5. The predicted octanol–water partition coefficient (Wildman–Crippen LogP) is 13.0. The third-order valence-corrected chi connectivity index (χ3v) is 12.6. The van der Waals surface area contributed by atoms with Crippen molar-refractivity contribution in [2.24, 2.45) is 0 Å². The second kappa shape index (κ2) is 12.1. The van der Waals surface area contributed by atoms with Gasteiger partial charge in [-0.3, -0.25) is 14.5 Å². The highest BCUT2D eigenvalue weighted by Crippen LogP contribution is 2.51. The van der Waals surface area contributed by atoms with Gasteiger partial charge in [0, 0.05) is 61.9 Å². The number of pyridine rings is 2. The van der Waals surface area contributed by atoms with Gasteiger partial charge in [0.1, 0.15) is 11.3 Å². The lowest BCUT2D eigenvalue weighted by Gasteiger charge is -2.21. The number of hydrogen-bond donors (Lipinski definition) is 0. The molecule has 0 spiro atoms. The SMILES string of the molecule is CC1(C)c2ccccc2-c2cc3c4ccccc4n(-c4ccc(-n5c(-c6cccc(-c7nc8ccccc8o7)c6)nc6c7cccnc7c7ncccc7c65)cc4)c3cc21. The Labute approximate surface area is 343 Å². The van der Waals surface area contributed by atoms with Gasteiger partial charge in [-0.25, -0.2) is 9.97 Å². The van der Waals surface area contributed by atoms with Crippen LogP contribution in [0.3, 0.4) is 0 Å². The minimum atomic E-state index is -0.112. The molecular weight excluding hydrogens is 737 g/mol. The number of benzene rings is 7. The summed E-state index contributed by atoms with van der Waals surface area (Å²) in [5.41, 5.74) is 16.6. The normalized spacial score (nSPS) is 13.3. The van der Waals surface area contributed by atoms with Gasteiger partial charge in [0.05, 0.1) is 33.1 Å². The van der Waals surface area contributed by atoms with Crippen molar-refractivity contribution in [1.82, 2.24) is 29.1 Å². The van der Waals surface area contributed by atoms with E-state index in [2.05, 4.69) is 132 Å². The van der Waals surface area contributed by atoms with Crippen LogP contribution in [0.5, 0.6) is 0 Å². The lowest BCUT2D eigenvalue weighted by atomic mass is 9.82. The van der Waals surface area contributed by atoms with Gasteiger partial charge in [0.25, 0.3) is 0 Å². The zero-order valence-electron chi connectivity index (χ0n) is 32.8. The molecule has 7 aromatic carbocycles. The van der Waals surface area contributed by atoms with Gasteiger partial charge in [-0.2, -0.15) is 0 Å². The van der Waals surface area contributed by atoms with E-state index >= 15 is 0 Å². The molecular formula is C53H34N6O. The summed E-state index contributed by atoms with van der Waals surface area (Å²) in [6, 6.07) is 55.7. The number of aromatic nitrogens is 6. The molecule has 0 radical (unpaired) electrons. The van der Waals surface area contributed by atoms with Gasteiger partial charge in [0.2, 0.25) is 5.89 Å². The average Bonchev–Trinajstić information content (AvgIpc) is 4.06. The van der Waals surface area contributed by atoms with Gasteiger partial charge < -0.3 is 8.98 Å². The molecule has 282 valence electrons. The highest BCUT2D eigenvalue weighted by atomic mass is 16.3.